The molecule has 0 unspecified atom stereocenters. The quantitative estimate of drug-likeness (QED) is 0.764. The molecular formula is C10H13ClF3N3. The predicted octanol–water partition coefficient (Wildman–Crippen LogP) is 3.54. The van der Waals surface area contributed by atoms with E-state index in [0.29, 0.717) is 18.9 Å². The summed E-state index contributed by atoms with van der Waals surface area (Å²) < 4.78 is 37.6. The number of rotatable bonds is 5. The van der Waals surface area contributed by atoms with Crippen molar-refractivity contribution in [3.8, 4) is 0 Å². The van der Waals surface area contributed by atoms with E-state index in [2.05, 4.69) is 10.2 Å². The zero-order valence-electron chi connectivity index (χ0n) is 9.17. The molecule has 0 radical (unpaired) electrons. The normalized spacial score (nSPS) is 16.5. The Bertz CT molecular complexity index is 385. The second kappa shape index (κ2) is 4.84. The van der Waals surface area contributed by atoms with E-state index < -0.39 is 12.6 Å². The van der Waals surface area contributed by atoms with Crippen molar-refractivity contribution in [2.75, 3.05) is 0 Å². The molecule has 0 atom stereocenters. The molecule has 2 rings (SSSR count). The Labute approximate surface area is 102 Å². The van der Waals surface area contributed by atoms with E-state index in [1.165, 1.54) is 0 Å². The van der Waals surface area contributed by atoms with Gasteiger partial charge in [-0.3, -0.25) is 0 Å². The minimum absolute atomic E-state index is 0.113. The molecule has 0 spiro atoms. The van der Waals surface area contributed by atoms with Gasteiger partial charge < -0.3 is 4.57 Å². The summed E-state index contributed by atoms with van der Waals surface area (Å²) >= 11 is 5.85. The molecule has 0 bridgehead atoms. The van der Waals surface area contributed by atoms with Gasteiger partial charge in [-0.05, 0) is 37.3 Å². The predicted molar refractivity (Wildman–Crippen MR) is 56.9 cm³/mol. The fourth-order valence-electron chi connectivity index (χ4n) is 1.74. The van der Waals surface area contributed by atoms with Crippen LogP contribution in [0.3, 0.4) is 0 Å². The van der Waals surface area contributed by atoms with Crippen LogP contribution in [0.25, 0.3) is 0 Å². The fourth-order valence-corrected chi connectivity index (χ4v) is 1.95. The Balaban J connectivity index is 1.84. The van der Waals surface area contributed by atoms with Crippen LogP contribution < -0.4 is 0 Å². The maximum atomic E-state index is 12.0. The van der Waals surface area contributed by atoms with Gasteiger partial charge in [-0.15, -0.1) is 10.2 Å². The van der Waals surface area contributed by atoms with Gasteiger partial charge in [-0.25, -0.2) is 0 Å². The van der Waals surface area contributed by atoms with Crippen molar-refractivity contribution in [1.82, 2.24) is 14.8 Å². The molecule has 96 valence electrons. The van der Waals surface area contributed by atoms with Crippen molar-refractivity contribution in [3.05, 3.63) is 11.1 Å². The van der Waals surface area contributed by atoms with Gasteiger partial charge in [0.25, 0.3) is 0 Å². The number of unbranched alkanes of at least 4 members (excludes halogenated alkanes) is 1. The van der Waals surface area contributed by atoms with Crippen LogP contribution in [0.5, 0.6) is 0 Å². The molecule has 1 fully saturated rings. The lowest BCUT2D eigenvalue weighted by Crippen LogP contribution is -2.08. The maximum Gasteiger partial charge on any atom is 0.389 e. The van der Waals surface area contributed by atoms with Crippen LogP contribution in [0.15, 0.2) is 0 Å². The first-order valence-electron chi connectivity index (χ1n) is 5.63. The van der Waals surface area contributed by atoms with Gasteiger partial charge in [0.2, 0.25) is 5.28 Å². The van der Waals surface area contributed by atoms with Gasteiger partial charge in [0.15, 0.2) is 0 Å². The third kappa shape index (κ3) is 3.59. The Morgan fingerprint density at radius 3 is 2.53 bits per heavy atom. The number of hydrogen-bond acceptors (Lipinski definition) is 2. The fraction of sp³-hybridized carbons (Fsp3) is 0.800. The average molecular weight is 268 g/mol. The molecule has 0 aliphatic heterocycles. The van der Waals surface area contributed by atoms with Crippen LogP contribution in [0.4, 0.5) is 13.2 Å². The van der Waals surface area contributed by atoms with Crippen molar-refractivity contribution in [2.45, 2.75) is 50.7 Å². The second-order valence-corrected chi connectivity index (χ2v) is 4.66. The summed E-state index contributed by atoms with van der Waals surface area (Å²) in [5, 5.41) is 8.00. The van der Waals surface area contributed by atoms with Crippen molar-refractivity contribution in [2.24, 2.45) is 0 Å². The SMILES string of the molecule is FC(F)(F)CCCCn1c(Cl)nnc1C1CC1. The van der Waals surface area contributed by atoms with E-state index in [1.54, 1.807) is 4.57 Å². The van der Waals surface area contributed by atoms with Gasteiger partial charge in [0.05, 0.1) is 0 Å². The molecule has 1 aliphatic carbocycles. The molecule has 1 aromatic rings. The van der Waals surface area contributed by atoms with Gasteiger partial charge in [0.1, 0.15) is 5.82 Å². The summed E-state index contributed by atoms with van der Waals surface area (Å²) in [7, 11) is 0. The highest BCUT2D eigenvalue weighted by Gasteiger charge is 2.30. The van der Waals surface area contributed by atoms with E-state index in [0.717, 1.165) is 18.7 Å². The van der Waals surface area contributed by atoms with E-state index >= 15 is 0 Å². The monoisotopic (exact) mass is 267 g/mol. The van der Waals surface area contributed by atoms with Gasteiger partial charge in [-0.1, -0.05) is 0 Å². The van der Waals surface area contributed by atoms with E-state index in [1.807, 2.05) is 0 Å². The van der Waals surface area contributed by atoms with Crippen molar-refractivity contribution < 1.29 is 13.2 Å². The molecule has 0 N–H and O–H groups in total. The highest BCUT2D eigenvalue weighted by atomic mass is 35.5. The first-order valence-corrected chi connectivity index (χ1v) is 6.00. The maximum absolute atomic E-state index is 12.0. The first kappa shape index (κ1) is 12.7. The summed E-state index contributed by atoms with van der Waals surface area (Å²) in [6.07, 6.45) is -2.13. The first-order chi connectivity index (χ1) is 7.97. The third-order valence-corrected chi connectivity index (χ3v) is 3.05. The largest absolute Gasteiger partial charge is 0.389 e. The Morgan fingerprint density at radius 2 is 1.94 bits per heavy atom. The van der Waals surface area contributed by atoms with E-state index in [9.17, 15) is 13.2 Å². The van der Waals surface area contributed by atoms with Crippen molar-refractivity contribution in [3.63, 3.8) is 0 Å². The molecule has 0 amide bonds. The summed E-state index contributed by atoms with van der Waals surface area (Å²) in [4.78, 5) is 0. The summed E-state index contributed by atoms with van der Waals surface area (Å²) in [6.45, 7) is 0.466. The molecule has 1 heterocycles. The lowest BCUT2D eigenvalue weighted by atomic mass is 10.2. The Hall–Kier alpha value is -0.780. The molecule has 1 aromatic heterocycles. The number of alkyl halides is 3. The van der Waals surface area contributed by atoms with Crippen LogP contribution in [0.2, 0.25) is 5.28 Å². The molecule has 1 saturated carbocycles. The van der Waals surface area contributed by atoms with Crippen LogP contribution in [0, 0.1) is 0 Å². The smallest absolute Gasteiger partial charge is 0.302 e. The van der Waals surface area contributed by atoms with E-state index in [-0.39, 0.29) is 11.7 Å². The third-order valence-electron chi connectivity index (χ3n) is 2.77. The van der Waals surface area contributed by atoms with Crippen molar-refractivity contribution >= 4 is 11.6 Å². The standard InChI is InChI=1S/C10H13ClF3N3/c11-9-16-15-8(7-3-4-7)17(9)6-2-1-5-10(12,13)14/h7H,1-6H2. The van der Waals surface area contributed by atoms with Gasteiger partial charge >= 0.3 is 6.18 Å². The molecule has 0 saturated heterocycles. The van der Waals surface area contributed by atoms with Crippen LogP contribution in [-0.2, 0) is 6.54 Å². The number of halogens is 4. The highest BCUT2D eigenvalue weighted by molar-refractivity contribution is 6.28. The van der Waals surface area contributed by atoms with E-state index in [4.69, 9.17) is 11.6 Å². The molecular weight excluding hydrogens is 255 g/mol. The number of nitrogens with zero attached hydrogens (tertiary/aromatic N) is 3. The second-order valence-electron chi connectivity index (χ2n) is 4.33. The minimum atomic E-state index is -4.07. The molecule has 0 aromatic carbocycles. The Kier molecular flexibility index (Phi) is 3.61. The molecule has 7 heteroatoms. The summed E-state index contributed by atoms with van der Waals surface area (Å²) in [5.41, 5.74) is 0. The summed E-state index contributed by atoms with van der Waals surface area (Å²) in [6, 6.07) is 0. The number of aromatic nitrogens is 3. The zero-order chi connectivity index (χ0) is 12.5. The molecule has 3 nitrogen and oxygen atoms in total. The van der Waals surface area contributed by atoms with Gasteiger partial charge in [0, 0.05) is 18.9 Å². The van der Waals surface area contributed by atoms with Gasteiger partial charge in [-0.2, -0.15) is 13.2 Å². The van der Waals surface area contributed by atoms with Crippen LogP contribution in [-0.4, -0.2) is 20.9 Å². The molecule has 17 heavy (non-hydrogen) atoms. The highest BCUT2D eigenvalue weighted by Crippen LogP contribution is 2.39. The topological polar surface area (TPSA) is 30.7 Å². The van der Waals surface area contributed by atoms with Crippen LogP contribution in [0.1, 0.15) is 43.8 Å². The lowest BCUT2D eigenvalue weighted by Gasteiger charge is -2.08. The minimum Gasteiger partial charge on any atom is -0.302 e. The number of hydrogen-bond donors (Lipinski definition) is 0. The average Bonchev–Trinajstić information content (AvgIpc) is 2.98. The Morgan fingerprint density at radius 1 is 1.24 bits per heavy atom. The molecule has 1 aliphatic rings. The summed E-state index contributed by atoms with van der Waals surface area (Å²) in [5.74, 6) is 1.22. The zero-order valence-corrected chi connectivity index (χ0v) is 9.93. The lowest BCUT2D eigenvalue weighted by molar-refractivity contribution is -0.135. The van der Waals surface area contributed by atoms with Crippen LogP contribution >= 0.6 is 11.6 Å². The van der Waals surface area contributed by atoms with Crippen molar-refractivity contribution in [1.29, 1.82) is 0 Å².